The molecule has 1 aliphatic heterocycles. The van der Waals surface area contributed by atoms with E-state index in [0.717, 1.165) is 44.0 Å². The van der Waals surface area contributed by atoms with E-state index >= 15 is 0 Å². The number of anilines is 1. The van der Waals surface area contributed by atoms with Crippen molar-refractivity contribution >= 4 is 15.5 Å². The van der Waals surface area contributed by atoms with Crippen LogP contribution < -0.4 is 10.5 Å². The lowest BCUT2D eigenvalue weighted by atomic mass is 10.2. The zero-order valence-electron chi connectivity index (χ0n) is 14.4. The number of hydrogen-bond acceptors (Lipinski definition) is 6. The third kappa shape index (κ3) is 4.26. The number of sulfone groups is 1. The van der Waals surface area contributed by atoms with Crippen molar-refractivity contribution in [2.75, 3.05) is 37.3 Å². The Balaban J connectivity index is 1.59. The van der Waals surface area contributed by atoms with E-state index in [2.05, 4.69) is 14.9 Å². The molecule has 0 spiro atoms. The van der Waals surface area contributed by atoms with Crippen molar-refractivity contribution in [2.24, 2.45) is 7.05 Å². The molecule has 25 heavy (non-hydrogen) atoms. The molecule has 0 bridgehead atoms. The van der Waals surface area contributed by atoms with Crippen molar-refractivity contribution in [2.45, 2.75) is 11.4 Å². The Kier molecular flexibility index (Phi) is 4.91. The third-order valence-electron chi connectivity index (χ3n) is 4.45. The van der Waals surface area contributed by atoms with Gasteiger partial charge in [0.1, 0.15) is 0 Å². The summed E-state index contributed by atoms with van der Waals surface area (Å²) in [6.45, 7) is 4.20. The second-order valence-electron chi connectivity index (χ2n) is 6.35. The predicted molar refractivity (Wildman–Crippen MR) is 96.5 cm³/mol. The predicted octanol–water partition coefficient (Wildman–Crippen LogP) is 0.506. The second kappa shape index (κ2) is 6.97. The van der Waals surface area contributed by atoms with E-state index < -0.39 is 9.84 Å². The minimum absolute atomic E-state index is 0.106. The van der Waals surface area contributed by atoms with E-state index in [-0.39, 0.29) is 5.56 Å². The number of nitrogens with zero attached hydrogens (tertiary/aromatic N) is 4. The van der Waals surface area contributed by atoms with Crippen LogP contribution in [0.1, 0.15) is 5.56 Å². The molecule has 0 saturated carbocycles. The largest absolute Gasteiger partial charge is 0.368 e. The number of rotatable bonds is 4. The molecule has 1 aromatic heterocycles. The van der Waals surface area contributed by atoms with Gasteiger partial charge in [-0.2, -0.15) is 5.10 Å². The number of hydrogen-bond donors (Lipinski definition) is 0. The fourth-order valence-corrected chi connectivity index (χ4v) is 3.53. The first kappa shape index (κ1) is 17.6. The monoisotopic (exact) mass is 362 g/mol. The van der Waals surface area contributed by atoms with Gasteiger partial charge in [0, 0.05) is 52.1 Å². The minimum atomic E-state index is -3.15. The lowest BCUT2D eigenvalue weighted by Gasteiger charge is -2.35. The van der Waals surface area contributed by atoms with Crippen LogP contribution >= 0.6 is 0 Å². The smallest absolute Gasteiger partial charge is 0.268 e. The molecule has 7 nitrogen and oxygen atoms in total. The molecular weight excluding hydrogens is 340 g/mol. The molecule has 134 valence electrons. The summed E-state index contributed by atoms with van der Waals surface area (Å²) in [5, 5.41) is 4.07. The third-order valence-corrected chi connectivity index (χ3v) is 5.58. The lowest BCUT2D eigenvalue weighted by molar-refractivity contribution is 0.249. The standard InChI is InChI=1S/C17H22N4O3S/c1-19-17(22)11-15(12-18-19)21-9-7-20(8-10-21)13-14-3-5-16(6-4-14)25(2,23)24/h3-6,11-12H,7-10,13H2,1-2H3. The highest BCUT2D eigenvalue weighted by Gasteiger charge is 2.18. The number of benzene rings is 1. The summed E-state index contributed by atoms with van der Waals surface area (Å²) in [5.74, 6) is 0. The molecule has 0 radical (unpaired) electrons. The summed E-state index contributed by atoms with van der Waals surface area (Å²) in [4.78, 5) is 16.5. The van der Waals surface area contributed by atoms with Gasteiger partial charge < -0.3 is 4.90 Å². The molecule has 1 saturated heterocycles. The molecule has 1 aromatic carbocycles. The highest BCUT2D eigenvalue weighted by atomic mass is 32.2. The van der Waals surface area contributed by atoms with Crippen molar-refractivity contribution in [3.63, 3.8) is 0 Å². The summed E-state index contributed by atoms with van der Waals surface area (Å²) >= 11 is 0. The Morgan fingerprint density at radius 1 is 1.08 bits per heavy atom. The van der Waals surface area contributed by atoms with Gasteiger partial charge >= 0.3 is 0 Å². The summed E-state index contributed by atoms with van der Waals surface area (Å²) in [5.41, 5.74) is 1.85. The van der Waals surface area contributed by atoms with Crippen LogP contribution in [0.2, 0.25) is 0 Å². The van der Waals surface area contributed by atoms with Crippen molar-refractivity contribution in [1.29, 1.82) is 0 Å². The summed E-state index contributed by atoms with van der Waals surface area (Å²) in [7, 11) is -1.51. The van der Waals surface area contributed by atoms with Crippen LogP contribution in [-0.2, 0) is 23.4 Å². The Morgan fingerprint density at radius 2 is 1.72 bits per heavy atom. The molecule has 1 fully saturated rings. The first-order valence-corrected chi connectivity index (χ1v) is 10.0. The summed E-state index contributed by atoms with van der Waals surface area (Å²) in [6, 6.07) is 8.67. The van der Waals surface area contributed by atoms with Gasteiger partial charge in [-0.1, -0.05) is 12.1 Å². The first-order valence-electron chi connectivity index (χ1n) is 8.12. The zero-order valence-corrected chi connectivity index (χ0v) is 15.2. The van der Waals surface area contributed by atoms with Crippen LogP contribution in [0.3, 0.4) is 0 Å². The average Bonchev–Trinajstić information content (AvgIpc) is 2.58. The highest BCUT2D eigenvalue weighted by molar-refractivity contribution is 7.90. The summed E-state index contributed by atoms with van der Waals surface area (Å²) in [6.07, 6.45) is 2.94. The number of aromatic nitrogens is 2. The van der Waals surface area contributed by atoms with Gasteiger partial charge in [-0.3, -0.25) is 9.69 Å². The van der Waals surface area contributed by atoms with E-state index in [9.17, 15) is 13.2 Å². The van der Waals surface area contributed by atoms with E-state index in [1.165, 1.54) is 10.9 Å². The van der Waals surface area contributed by atoms with Crippen LogP contribution in [0.4, 0.5) is 5.69 Å². The van der Waals surface area contributed by atoms with Crippen LogP contribution in [0.15, 0.2) is 46.2 Å². The van der Waals surface area contributed by atoms with Crippen LogP contribution in [0.25, 0.3) is 0 Å². The number of piperazine rings is 1. The highest BCUT2D eigenvalue weighted by Crippen LogP contribution is 2.16. The van der Waals surface area contributed by atoms with E-state index in [0.29, 0.717) is 4.90 Å². The van der Waals surface area contributed by atoms with Crippen LogP contribution in [0, 0.1) is 0 Å². The Labute approximate surface area is 147 Å². The van der Waals surface area contributed by atoms with Crippen molar-refractivity contribution in [3.05, 3.63) is 52.4 Å². The van der Waals surface area contributed by atoms with Gasteiger partial charge in [-0.05, 0) is 17.7 Å². The molecule has 2 heterocycles. The molecule has 1 aliphatic rings. The maximum absolute atomic E-state index is 11.7. The molecule has 0 N–H and O–H groups in total. The maximum Gasteiger partial charge on any atom is 0.268 e. The van der Waals surface area contributed by atoms with E-state index in [4.69, 9.17) is 0 Å². The normalized spacial score (nSPS) is 16.2. The molecule has 3 rings (SSSR count). The van der Waals surface area contributed by atoms with Gasteiger partial charge in [-0.25, -0.2) is 13.1 Å². The quantitative estimate of drug-likeness (QED) is 0.789. The van der Waals surface area contributed by atoms with Gasteiger partial charge in [0.15, 0.2) is 9.84 Å². The molecule has 0 amide bonds. The first-order chi connectivity index (χ1) is 11.8. The van der Waals surface area contributed by atoms with Gasteiger partial charge in [0.05, 0.1) is 16.8 Å². The minimum Gasteiger partial charge on any atom is -0.368 e. The topological polar surface area (TPSA) is 75.5 Å². The maximum atomic E-state index is 11.7. The van der Waals surface area contributed by atoms with Gasteiger partial charge in [0.2, 0.25) is 0 Å². The SMILES string of the molecule is Cn1ncc(N2CCN(Cc3ccc(S(C)(=O)=O)cc3)CC2)cc1=O. The molecular formula is C17H22N4O3S. The van der Waals surface area contributed by atoms with Gasteiger partial charge in [-0.15, -0.1) is 0 Å². The average molecular weight is 362 g/mol. The Morgan fingerprint density at radius 3 is 2.28 bits per heavy atom. The van der Waals surface area contributed by atoms with Crippen LogP contribution in [0.5, 0.6) is 0 Å². The van der Waals surface area contributed by atoms with Crippen molar-refractivity contribution in [1.82, 2.24) is 14.7 Å². The molecule has 2 aromatic rings. The zero-order chi connectivity index (χ0) is 18.0. The van der Waals surface area contributed by atoms with Crippen LogP contribution in [-0.4, -0.2) is 55.5 Å². The molecule has 0 atom stereocenters. The fraction of sp³-hybridized carbons (Fsp3) is 0.412. The Hall–Kier alpha value is -2.19. The van der Waals surface area contributed by atoms with Gasteiger partial charge in [0.25, 0.3) is 5.56 Å². The lowest BCUT2D eigenvalue weighted by Crippen LogP contribution is -2.46. The molecule has 0 aliphatic carbocycles. The Bertz CT molecular complexity index is 898. The second-order valence-corrected chi connectivity index (χ2v) is 8.37. The van der Waals surface area contributed by atoms with E-state index in [1.807, 2.05) is 12.1 Å². The van der Waals surface area contributed by atoms with E-state index in [1.54, 1.807) is 31.4 Å². The van der Waals surface area contributed by atoms with Crippen molar-refractivity contribution in [3.8, 4) is 0 Å². The molecule has 0 unspecified atom stereocenters. The van der Waals surface area contributed by atoms with Crippen molar-refractivity contribution < 1.29 is 8.42 Å². The fourth-order valence-electron chi connectivity index (χ4n) is 2.90. The summed E-state index contributed by atoms with van der Waals surface area (Å²) < 4.78 is 24.3. The molecule has 8 heteroatoms. The number of aryl methyl sites for hydroxylation is 1.